The summed E-state index contributed by atoms with van der Waals surface area (Å²) in [5.74, 6) is -0.747. The van der Waals surface area contributed by atoms with E-state index in [1.807, 2.05) is 20.8 Å². The molecule has 0 saturated heterocycles. The summed E-state index contributed by atoms with van der Waals surface area (Å²) in [6.07, 6.45) is 0. The molecule has 0 radical (unpaired) electrons. The molecular weight excluding hydrogens is 552 g/mol. The molecule has 5 aromatic rings. The third kappa shape index (κ3) is 4.78. The monoisotopic (exact) mass is 588 g/mol. The molecule has 4 aromatic carbocycles. The molecule has 44 heavy (non-hydrogen) atoms. The first kappa shape index (κ1) is 30.4. The average molecular weight is 589 g/mol. The van der Waals surface area contributed by atoms with Gasteiger partial charge < -0.3 is 14.6 Å². The van der Waals surface area contributed by atoms with Crippen LogP contribution in [-0.2, 0) is 10.8 Å². The van der Waals surface area contributed by atoms with Crippen molar-refractivity contribution in [1.82, 2.24) is 10.2 Å². The molecular formula is C37H36N2O5. The van der Waals surface area contributed by atoms with Gasteiger partial charge in [-0.05, 0) is 87.8 Å². The minimum absolute atomic E-state index is 0. The molecule has 1 aromatic heterocycles. The molecule has 2 aliphatic rings. The van der Waals surface area contributed by atoms with Gasteiger partial charge in [0.1, 0.15) is 0 Å². The van der Waals surface area contributed by atoms with Gasteiger partial charge in [0.25, 0.3) is 0 Å². The highest BCUT2D eigenvalue weighted by Crippen LogP contribution is 2.50. The van der Waals surface area contributed by atoms with E-state index in [1.165, 1.54) is 27.8 Å². The minimum atomic E-state index is -0.962. The summed E-state index contributed by atoms with van der Waals surface area (Å²) in [4.78, 5) is 22.3. The van der Waals surface area contributed by atoms with Crippen molar-refractivity contribution in [1.29, 1.82) is 0 Å². The number of nitrogens with zero attached hydrogens (tertiary/aromatic N) is 2. The largest absolute Gasteiger partial charge is 0.478 e. The molecule has 0 bridgehead atoms. The topological polar surface area (TPSA) is 114 Å². The van der Waals surface area contributed by atoms with Crippen molar-refractivity contribution in [2.24, 2.45) is 0 Å². The van der Waals surface area contributed by atoms with Crippen LogP contribution in [0.25, 0.3) is 33.7 Å². The predicted molar refractivity (Wildman–Crippen MR) is 171 cm³/mol. The zero-order valence-electron chi connectivity index (χ0n) is 24.9. The number of rotatable bonds is 3. The van der Waals surface area contributed by atoms with E-state index < -0.39 is 17.4 Å². The molecule has 0 amide bonds. The van der Waals surface area contributed by atoms with Crippen molar-refractivity contribution in [2.45, 2.75) is 59.8 Å². The molecule has 224 valence electrons. The van der Waals surface area contributed by atoms with E-state index in [1.54, 1.807) is 36.4 Å². The molecule has 0 fully saturated rings. The first-order chi connectivity index (χ1) is 20.3. The lowest BCUT2D eigenvalue weighted by Gasteiger charge is -2.22. The maximum Gasteiger partial charge on any atom is 0.335 e. The fraction of sp³-hybridized carbons (Fsp3) is 0.243. The number of carboxylic acids is 2. The first-order valence-electron chi connectivity index (χ1n) is 14.1. The van der Waals surface area contributed by atoms with Gasteiger partial charge in [-0.1, -0.05) is 77.1 Å². The van der Waals surface area contributed by atoms with Crippen molar-refractivity contribution in [2.75, 3.05) is 0 Å². The fourth-order valence-electron chi connectivity index (χ4n) is 6.40. The van der Waals surface area contributed by atoms with E-state index in [-0.39, 0.29) is 24.0 Å². The predicted octanol–water partition coefficient (Wildman–Crippen LogP) is 8.69. The highest BCUT2D eigenvalue weighted by atomic mass is 16.4. The molecule has 0 saturated carbocycles. The van der Waals surface area contributed by atoms with Gasteiger partial charge in [0.15, 0.2) is 0 Å². The number of hydrogen-bond acceptors (Lipinski definition) is 5. The van der Waals surface area contributed by atoms with Crippen molar-refractivity contribution >= 4 is 11.9 Å². The minimum Gasteiger partial charge on any atom is -0.478 e. The van der Waals surface area contributed by atoms with Gasteiger partial charge in [-0.15, -0.1) is 10.2 Å². The van der Waals surface area contributed by atoms with Gasteiger partial charge in [-0.2, -0.15) is 0 Å². The average Bonchev–Trinajstić information content (AvgIpc) is 3.57. The Labute approximate surface area is 257 Å². The van der Waals surface area contributed by atoms with E-state index in [4.69, 9.17) is 14.6 Å². The molecule has 0 atom stereocenters. The Kier molecular flexibility index (Phi) is 7.32. The summed E-state index contributed by atoms with van der Waals surface area (Å²) >= 11 is 0. The van der Waals surface area contributed by atoms with E-state index in [9.17, 15) is 9.59 Å². The number of benzene rings is 4. The Hall–Kier alpha value is -5.04. The van der Waals surface area contributed by atoms with Crippen LogP contribution in [0.4, 0.5) is 0 Å². The second kappa shape index (κ2) is 10.6. The number of carbonyl (C=O) groups is 2. The Balaban J connectivity index is 0.000000171. The molecule has 2 N–H and O–H groups in total. The quantitative estimate of drug-likeness (QED) is 0.217. The highest BCUT2D eigenvalue weighted by molar-refractivity contribution is 5.93. The lowest BCUT2D eigenvalue weighted by atomic mass is 9.81. The summed E-state index contributed by atoms with van der Waals surface area (Å²) < 4.78 is 5.57. The van der Waals surface area contributed by atoms with Crippen molar-refractivity contribution < 1.29 is 24.2 Å². The van der Waals surface area contributed by atoms with Crippen LogP contribution in [0.15, 0.2) is 77.2 Å². The van der Waals surface area contributed by atoms with Crippen molar-refractivity contribution in [3.63, 3.8) is 0 Å². The zero-order chi connectivity index (χ0) is 30.8. The molecule has 7 heteroatoms. The van der Waals surface area contributed by atoms with Crippen LogP contribution in [-0.4, -0.2) is 32.3 Å². The highest BCUT2D eigenvalue weighted by Gasteiger charge is 2.37. The maximum atomic E-state index is 11.2. The van der Waals surface area contributed by atoms with E-state index >= 15 is 0 Å². The fourth-order valence-corrected chi connectivity index (χ4v) is 6.40. The van der Waals surface area contributed by atoms with Crippen LogP contribution in [0.5, 0.6) is 0 Å². The SMILES string of the molecule is C.CC1(C)c2cc(C(=O)O)ccc2-c2ccc(C(=O)O)cc21.Cc1ccc2c(c1)C(C)(C)c1cc(-c3nnc(C)o3)ccc1-2. The summed E-state index contributed by atoms with van der Waals surface area (Å²) in [6, 6.07) is 23.3. The summed E-state index contributed by atoms with van der Waals surface area (Å²) in [5, 5.41) is 26.3. The van der Waals surface area contributed by atoms with E-state index in [0.29, 0.717) is 11.8 Å². The van der Waals surface area contributed by atoms with Crippen LogP contribution in [0, 0.1) is 13.8 Å². The van der Waals surface area contributed by atoms with E-state index in [0.717, 1.165) is 27.8 Å². The Bertz CT molecular complexity index is 1900. The number of hydrogen-bond donors (Lipinski definition) is 2. The lowest BCUT2D eigenvalue weighted by molar-refractivity contribution is 0.0686. The van der Waals surface area contributed by atoms with Gasteiger partial charge in [0, 0.05) is 23.3 Å². The van der Waals surface area contributed by atoms with Crippen LogP contribution in [0.1, 0.15) is 89.5 Å². The van der Waals surface area contributed by atoms with Gasteiger partial charge >= 0.3 is 11.9 Å². The van der Waals surface area contributed by atoms with Crippen LogP contribution >= 0.6 is 0 Å². The Morgan fingerprint density at radius 1 is 0.614 bits per heavy atom. The van der Waals surface area contributed by atoms with Crippen LogP contribution < -0.4 is 0 Å². The Morgan fingerprint density at radius 3 is 1.50 bits per heavy atom. The second-order valence-electron chi connectivity index (χ2n) is 12.3. The summed E-state index contributed by atoms with van der Waals surface area (Å²) in [6.45, 7) is 12.5. The van der Waals surface area contributed by atoms with Gasteiger partial charge in [-0.25, -0.2) is 9.59 Å². The number of fused-ring (bicyclic) bond motifs is 6. The number of aromatic carboxylic acids is 2. The van der Waals surface area contributed by atoms with Crippen molar-refractivity contribution in [3.05, 3.63) is 118 Å². The number of aryl methyl sites for hydroxylation is 2. The summed E-state index contributed by atoms with van der Waals surface area (Å²) in [7, 11) is 0. The molecule has 0 spiro atoms. The first-order valence-corrected chi connectivity index (χ1v) is 14.1. The van der Waals surface area contributed by atoms with Gasteiger partial charge in [0.05, 0.1) is 11.1 Å². The third-order valence-corrected chi connectivity index (χ3v) is 8.77. The van der Waals surface area contributed by atoms with Gasteiger partial charge in [0.2, 0.25) is 11.8 Å². The van der Waals surface area contributed by atoms with E-state index in [2.05, 4.69) is 67.4 Å². The standard InChI is InChI=1S/C19H18N2O.C17H14O4.CH4/c1-11-5-7-14-15-8-6-13(18-21-20-12(2)22-18)10-17(15)19(3,4)16(14)9-11;1-17(2)13-7-9(15(18)19)3-5-11(13)12-6-4-10(16(20)21)8-14(12)17;/h5-10H,1-4H3;3-8H,1-2H3,(H,18,19)(H,20,21);1H4. The lowest BCUT2D eigenvalue weighted by Crippen LogP contribution is -2.16. The number of carboxylic acid groups (broad SMARTS) is 2. The molecule has 7 rings (SSSR count). The Morgan fingerprint density at radius 2 is 1.05 bits per heavy atom. The summed E-state index contributed by atoms with van der Waals surface area (Å²) in [5.41, 5.74) is 11.5. The molecule has 1 heterocycles. The zero-order valence-corrected chi connectivity index (χ0v) is 24.9. The van der Waals surface area contributed by atoms with Crippen molar-refractivity contribution in [3.8, 4) is 33.7 Å². The smallest absolute Gasteiger partial charge is 0.335 e. The van der Waals surface area contributed by atoms with Crippen LogP contribution in [0.2, 0.25) is 0 Å². The molecule has 7 nitrogen and oxygen atoms in total. The normalized spacial score (nSPS) is 14.2. The van der Waals surface area contributed by atoms with Crippen LogP contribution in [0.3, 0.4) is 0 Å². The second-order valence-corrected chi connectivity index (χ2v) is 12.3. The van der Waals surface area contributed by atoms with Gasteiger partial charge in [-0.3, -0.25) is 0 Å². The molecule has 2 aliphatic carbocycles. The molecule has 0 aliphatic heterocycles. The third-order valence-electron chi connectivity index (χ3n) is 8.77. The molecule has 0 unspecified atom stereocenters. The maximum absolute atomic E-state index is 11.2. The number of aromatic nitrogens is 2.